The second-order valence-corrected chi connectivity index (χ2v) is 7.34. The summed E-state index contributed by atoms with van der Waals surface area (Å²) in [5.41, 5.74) is 5.57. The number of nitrogens with two attached hydrogens (primary N) is 1. The average molecular weight is 343 g/mol. The normalized spacial score (nSPS) is 13.8. The van der Waals surface area contributed by atoms with E-state index < -0.39 is 26.8 Å². The van der Waals surface area contributed by atoms with Gasteiger partial charge in [0, 0.05) is 6.54 Å². The van der Waals surface area contributed by atoms with E-state index >= 15 is 0 Å². The summed E-state index contributed by atoms with van der Waals surface area (Å²) >= 11 is 0. The molecule has 1 atom stereocenters. The fraction of sp³-hybridized carbons (Fsp3) is 0.250. The Hall–Kier alpha value is -1.86. The third kappa shape index (κ3) is 3.73. The van der Waals surface area contributed by atoms with Gasteiger partial charge in [-0.3, -0.25) is 0 Å². The Kier molecular flexibility index (Phi) is 4.81. The first-order chi connectivity index (χ1) is 10.7. The number of sulfone groups is 1. The van der Waals surface area contributed by atoms with Crippen molar-refractivity contribution in [2.75, 3.05) is 6.54 Å². The van der Waals surface area contributed by atoms with Crippen LogP contribution in [0.5, 0.6) is 0 Å². The Morgan fingerprint density at radius 1 is 1.09 bits per heavy atom. The molecule has 7 heteroatoms. The summed E-state index contributed by atoms with van der Waals surface area (Å²) in [4.78, 5) is 0.0379. The molecule has 0 aliphatic rings. The van der Waals surface area contributed by atoms with Crippen molar-refractivity contribution in [1.82, 2.24) is 0 Å². The van der Waals surface area contributed by atoms with Crippen LogP contribution in [0.25, 0.3) is 0 Å². The predicted molar refractivity (Wildman–Crippen MR) is 81.6 cm³/mol. The number of aryl methyl sites for hydroxylation is 1. The van der Waals surface area contributed by atoms with Crippen LogP contribution in [0.15, 0.2) is 53.4 Å². The zero-order valence-corrected chi connectivity index (χ0v) is 13.2. The Morgan fingerprint density at radius 3 is 2.22 bits per heavy atom. The summed E-state index contributed by atoms with van der Waals surface area (Å²) in [5, 5.41) is -1.23. The lowest BCUT2D eigenvalue weighted by atomic mass is 10.1. The van der Waals surface area contributed by atoms with Gasteiger partial charge in [0.15, 0.2) is 9.84 Å². The third-order valence-corrected chi connectivity index (χ3v) is 5.67. The van der Waals surface area contributed by atoms with E-state index in [-0.39, 0.29) is 17.0 Å². The van der Waals surface area contributed by atoms with Gasteiger partial charge < -0.3 is 5.73 Å². The highest BCUT2D eigenvalue weighted by Crippen LogP contribution is 2.34. The minimum Gasteiger partial charge on any atom is -0.329 e. The lowest BCUT2D eigenvalue weighted by Gasteiger charge is -2.18. The number of halogens is 3. The summed E-state index contributed by atoms with van der Waals surface area (Å²) < 4.78 is 63.8. The molecule has 0 heterocycles. The van der Waals surface area contributed by atoms with Gasteiger partial charge in [-0.25, -0.2) is 8.42 Å². The van der Waals surface area contributed by atoms with Gasteiger partial charge in [0.2, 0.25) is 0 Å². The highest BCUT2D eigenvalue weighted by Gasteiger charge is 2.33. The first-order valence-corrected chi connectivity index (χ1v) is 8.38. The second-order valence-electron chi connectivity index (χ2n) is 5.21. The molecule has 0 saturated heterocycles. The lowest BCUT2D eigenvalue weighted by Crippen LogP contribution is -2.22. The summed E-state index contributed by atoms with van der Waals surface area (Å²) in [6.07, 6.45) is -4.54. The number of hydrogen-bond donors (Lipinski definition) is 1. The van der Waals surface area contributed by atoms with Crippen molar-refractivity contribution in [3.63, 3.8) is 0 Å². The van der Waals surface area contributed by atoms with Gasteiger partial charge in [-0.15, -0.1) is 0 Å². The molecule has 2 aromatic carbocycles. The monoisotopic (exact) mass is 343 g/mol. The van der Waals surface area contributed by atoms with Crippen LogP contribution in [-0.2, 0) is 16.0 Å². The fourth-order valence-corrected chi connectivity index (χ4v) is 3.85. The first-order valence-electron chi connectivity index (χ1n) is 6.84. The zero-order valence-electron chi connectivity index (χ0n) is 12.3. The zero-order chi connectivity index (χ0) is 17.3. The molecule has 0 fully saturated rings. The molecule has 0 bridgehead atoms. The van der Waals surface area contributed by atoms with Gasteiger partial charge in [0.05, 0.1) is 10.5 Å². The highest BCUT2D eigenvalue weighted by atomic mass is 32.2. The van der Waals surface area contributed by atoms with E-state index in [0.717, 1.165) is 17.7 Å². The summed E-state index contributed by atoms with van der Waals surface area (Å²) in [6, 6.07) is 10.4. The maximum Gasteiger partial charge on any atom is 0.416 e. The molecule has 2 rings (SSSR count). The molecule has 124 valence electrons. The van der Waals surface area contributed by atoms with Crippen molar-refractivity contribution in [1.29, 1.82) is 0 Å². The number of rotatable bonds is 4. The Bertz CT molecular complexity index is 784. The van der Waals surface area contributed by atoms with Crippen LogP contribution < -0.4 is 5.73 Å². The van der Waals surface area contributed by atoms with E-state index in [2.05, 4.69) is 0 Å². The van der Waals surface area contributed by atoms with Crippen molar-refractivity contribution >= 4 is 9.84 Å². The lowest BCUT2D eigenvalue weighted by molar-refractivity contribution is -0.137. The van der Waals surface area contributed by atoms with E-state index in [1.165, 1.54) is 24.3 Å². The van der Waals surface area contributed by atoms with Crippen LogP contribution >= 0.6 is 0 Å². The molecule has 2 N–H and O–H groups in total. The van der Waals surface area contributed by atoms with E-state index in [0.29, 0.717) is 0 Å². The summed E-state index contributed by atoms with van der Waals surface area (Å²) in [6.45, 7) is 1.50. The van der Waals surface area contributed by atoms with Crippen LogP contribution in [-0.4, -0.2) is 15.0 Å². The standard InChI is InChI=1S/C16H16F3NO2S/c1-11-5-7-14(8-6-11)23(21,22)15(10-20)12-3-2-4-13(9-12)16(17,18)19/h2-9,15H,10,20H2,1H3/t15-/m0/s1. The van der Waals surface area contributed by atoms with Gasteiger partial charge in [-0.1, -0.05) is 35.9 Å². The largest absolute Gasteiger partial charge is 0.416 e. The molecule has 3 nitrogen and oxygen atoms in total. The molecule has 0 spiro atoms. The topological polar surface area (TPSA) is 60.2 Å². The third-order valence-electron chi connectivity index (χ3n) is 3.52. The molecule has 0 aromatic heterocycles. The van der Waals surface area contributed by atoms with Crippen LogP contribution in [0.2, 0.25) is 0 Å². The van der Waals surface area contributed by atoms with Crippen LogP contribution in [0.1, 0.15) is 21.9 Å². The van der Waals surface area contributed by atoms with Crippen molar-refractivity contribution in [3.05, 3.63) is 65.2 Å². The first kappa shape index (κ1) is 17.5. The van der Waals surface area contributed by atoms with E-state index in [1.54, 1.807) is 12.1 Å². The van der Waals surface area contributed by atoms with Gasteiger partial charge in [0.25, 0.3) is 0 Å². The van der Waals surface area contributed by atoms with Crippen molar-refractivity contribution in [3.8, 4) is 0 Å². The van der Waals surface area contributed by atoms with Crippen LogP contribution in [0.4, 0.5) is 13.2 Å². The van der Waals surface area contributed by atoms with Crippen LogP contribution in [0, 0.1) is 6.92 Å². The Balaban J connectivity index is 2.49. The maximum atomic E-state index is 12.8. The number of benzene rings is 2. The van der Waals surface area contributed by atoms with Gasteiger partial charge in [-0.2, -0.15) is 13.2 Å². The minimum absolute atomic E-state index is 0.0305. The molecule has 0 aliphatic carbocycles. The van der Waals surface area contributed by atoms with Crippen LogP contribution in [0.3, 0.4) is 0 Å². The molecule has 0 aliphatic heterocycles. The molecule has 2 aromatic rings. The second kappa shape index (κ2) is 6.33. The van der Waals surface area contributed by atoms with Crippen molar-refractivity contribution in [2.24, 2.45) is 5.73 Å². The molecular formula is C16H16F3NO2S. The van der Waals surface area contributed by atoms with E-state index in [1.807, 2.05) is 6.92 Å². The smallest absolute Gasteiger partial charge is 0.329 e. The highest BCUT2D eigenvalue weighted by molar-refractivity contribution is 7.91. The predicted octanol–water partition coefficient (Wildman–Crippen LogP) is 3.49. The van der Waals surface area contributed by atoms with Crippen molar-refractivity contribution < 1.29 is 21.6 Å². The molecule has 0 unspecified atom stereocenters. The fourth-order valence-electron chi connectivity index (χ4n) is 2.25. The molecular weight excluding hydrogens is 327 g/mol. The summed E-state index contributed by atoms with van der Waals surface area (Å²) in [7, 11) is -3.88. The number of alkyl halides is 3. The summed E-state index contributed by atoms with van der Waals surface area (Å²) in [5.74, 6) is 0. The Labute approximate surface area is 132 Å². The SMILES string of the molecule is Cc1ccc(S(=O)(=O)[C@@H](CN)c2cccc(C(F)(F)F)c2)cc1. The molecule has 0 amide bonds. The van der Waals surface area contributed by atoms with Gasteiger partial charge >= 0.3 is 6.18 Å². The average Bonchev–Trinajstić information content (AvgIpc) is 2.47. The molecule has 0 saturated carbocycles. The number of hydrogen-bond acceptors (Lipinski definition) is 3. The van der Waals surface area contributed by atoms with E-state index in [9.17, 15) is 21.6 Å². The van der Waals surface area contributed by atoms with Gasteiger partial charge in [0.1, 0.15) is 5.25 Å². The quantitative estimate of drug-likeness (QED) is 0.924. The maximum absolute atomic E-state index is 12.8. The molecule has 0 radical (unpaired) electrons. The minimum atomic E-state index is -4.54. The Morgan fingerprint density at radius 2 is 1.70 bits per heavy atom. The van der Waals surface area contributed by atoms with Crippen molar-refractivity contribution in [2.45, 2.75) is 23.2 Å². The molecule has 23 heavy (non-hydrogen) atoms. The van der Waals surface area contributed by atoms with Gasteiger partial charge in [-0.05, 0) is 30.7 Å². The van der Waals surface area contributed by atoms with E-state index in [4.69, 9.17) is 5.73 Å².